The Balaban J connectivity index is 2.32. The zero-order valence-corrected chi connectivity index (χ0v) is 7.69. The molecule has 14 heavy (non-hydrogen) atoms. The molecule has 0 spiro atoms. The fourth-order valence-electron chi connectivity index (χ4n) is 1.22. The molecule has 5 heteroatoms. The topological polar surface area (TPSA) is 46.2 Å². The first-order valence-electron chi connectivity index (χ1n) is 4.11. The number of fused-ring (bicyclic) bond motifs is 1. The predicted molar refractivity (Wildman–Crippen MR) is 45.4 cm³/mol. The molecule has 1 heterocycles. The lowest BCUT2D eigenvalue weighted by Crippen LogP contribution is -2.01. The van der Waals surface area contributed by atoms with Crippen molar-refractivity contribution in [3.63, 3.8) is 0 Å². The quantitative estimate of drug-likeness (QED) is 0.531. The largest absolute Gasteiger partial charge is 0.460 e. The second-order valence-electron chi connectivity index (χ2n) is 2.64. The number of rotatable bonds is 2. The molecule has 0 radical (unpaired) electrons. The van der Waals surface area contributed by atoms with E-state index in [0.717, 1.165) is 5.56 Å². The molecule has 0 atom stereocenters. The molecule has 2 rings (SSSR count). The highest BCUT2D eigenvalue weighted by Crippen LogP contribution is 2.33. The molecule has 1 aromatic rings. The van der Waals surface area contributed by atoms with Crippen molar-refractivity contribution in [3.05, 3.63) is 23.8 Å². The second-order valence-corrected chi connectivity index (χ2v) is 2.64. The maximum absolute atomic E-state index is 5.28. The van der Waals surface area contributed by atoms with Gasteiger partial charge in [0.1, 0.15) is 6.61 Å². The minimum atomic E-state index is 0.0388. The lowest BCUT2D eigenvalue weighted by atomic mass is 10.2. The molecule has 0 aromatic heterocycles. The minimum Gasteiger partial charge on any atom is -0.460 e. The molecular formula is C9H10O5. The van der Waals surface area contributed by atoms with E-state index in [9.17, 15) is 0 Å². The Labute approximate surface area is 80.9 Å². The summed E-state index contributed by atoms with van der Waals surface area (Å²) < 4.78 is 5.28. The summed E-state index contributed by atoms with van der Waals surface area (Å²) in [5.41, 5.74) is 0.858. The molecule has 0 saturated carbocycles. The highest BCUT2D eigenvalue weighted by atomic mass is 17.2. The van der Waals surface area contributed by atoms with Crippen LogP contribution in [0.15, 0.2) is 18.2 Å². The van der Waals surface area contributed by atoms with E-state index in [4.69, 9.17) is 19.4 Å². The Bertz CT molecular complexity index is 312. The van der Waals surface area contributed by atoms with Crippen LogP contribution >= 0.6 is 0 Å². The summed E-state index contributed by atoms with van der Waals surface area (Å²) in [5.74, 6) is 1.10. The predicted octanol–water partition coefficient (Wildman–Crippen LogP) is 1.42. The molecule has 5 nitrogen and oxygen atoms in total. The zero-order valence-electron chi connectivity index (χ0n) is 7.69. The Morgan fingerprint density at radius 3 is 3.07 bits per heavy atom. The molecule has 1 aliphatic rings. The van der Waals surface area contributed by atoms with Crippen LogP contribution in [0.3, 0.4) is 0 Å². The van der Waals surface area contributed by atoms with Gasteiger partial charge < -0.3 is 9.62 Å². The molecule has 76 valence electrons. The molecule has 1 aliphatic heterocycles. The van der Waals surface area contributed by atoms with Crippen LogP contribution < -0.4 is 9.62 Å². The molecule has 0 N–H and O–H groups in total. The van der Waals surface area contributed by atoms with Gasteiger partial charge >= 0.3 is 0 Å². The van der Waals surface area contributed by atoms with Crippen molar-refractivity contribution in [3.8, 4) is 11.5 Å². The highest BCUT2D eigenvalue weighted by Gasteiger charge is 2.15. The first-order valence-corrected chi connectivity index (χ1v) is 4.11. The summed E-state index contributed by atoms with van der Waals surface area (Å²) in [6.45, 7) is 0.368. The van der Waals surface area contributed by atoms with Crippen LogP contribution in [0.2, 0.25) is 0 Å². The monoisotopic (exact) mass is 198 g/mol. The lowest BCUT2D eigenvalue weighted by molar-refractivity contribution is -0.325. The summed E-state index contributed by atoms with van der Waals surface area (Å²) in [6, 6.07) is 5.44. The number of hydrogen-bond acceptors (Lipinski definition) is 5. The van der Waals surface area contributed by atoms with E-state index in [2.05, 4.69) is 4.89 Å². The van der Waals surface area contributed by atoms with E-state index in [0.29, 0.717) is 18.1 Å². The summed E-state index contributed by atoms with van der Waals surface area (Å²) in [6.07, 6.45) is 0. The average Bonchev–Trinajstić information content (AvgIpc) is 2.44. The maximum Gasteiger partial charge on any atom is 0.221 e. The van der Waals surface area contributed by atoms with Crippen LogP contribution in [0.25, 0.3) is 0 Å². The molecule has 0 fully saturated rings. The van der Waals surface area contributed by atoms with E-state index in [1.165, 1.54) is 7.11 Å². The molecule has 1 aromatic carbocycles. The standard InChI is InChI=1S/C9H10O5/c1-10-14-8-4-2-3-7-5-12-13-6-11-9(7)8/h2-4H,5-6H2,1H3. The van der Waals surface area contributed by atoms with Gasteiger partial charge in [0.15, 0.2) is 5.75 Å². The third kappa shape index (κ3) is 1.79. The molecule has 0 bridgehead atoms. The Morgan fingerprint density at radius 2 is 2.21 bits per heavy atom. The van der Waals surface area contributed by atoms with Crippen molar-refractivity contribution in [2.45, 2.75) is 6.61 Å². The van der Waals surface area contributed by atoms with Crippen molar-refractivity contribution in [1.29, 1.82) is 0 Å². The number of para-hydroxylation sites is 1. The first kappa shape index (κ1) is 9.26. The van der Waals surface area contributed by atoms with Crippen molar-refractivity contribution >= 4 is 0 Å². The van der Waals surface area contributed by atoms with Crippen LogP contribution in [-0.4, -0.2) is 13.9 Å². The van der Waals surface area contributed by atoms with Crippen LogP contribution in [0.5, 0.6) is 11.5 Å². The SMILES string of the molecule is COOc1cccc2c1OCOOC2. The van der Waals surface area contributed by atoms with Gasteiger partial charge in [-0.25, -0.2) is 4.89 Å². The van der Waals surface area contributed by atoms with Crippen LogP contribution in [0.1, 0.15) is 5.56 Å². The second kappa shape index (κ2) is 4.28. The van der Waals surface area contributed by atoms with Gasteiger partial charge in [0.25, 0.3) is 0 Å². The number of hydrogen-bond donors (Lipinski definition) is 0. The minimum absolute atomic E-state index is 0.0388. The van der Waals surface area contributed by atoms with Crippen LogP contribution in [0.4, 0.5) is 0 Å². The normalized spacial score (nSPS) is 15.2. The van der Waals surface area contributed by atoms with E-state index in [1.54, 1.807) is 6.07 Å². The van der Waals surface area contributed by atoms with Crippen LogP contribution in [-0.2, 0) is 21.3 Å². The third-order valence-electron chi connectivity index (χ3n) is 1.78. The first-order chi connectivity index (χ1) is 6.92. The molecular weight excluding hydrogens is 188 g/mol. The molecule has 0 amide bonds. The fourth-order valence-corrected chi connectivity index (χ4v) is 1.22. The summed E-state index contributed by atoms with van der Waals surface area (Å²) >= 11 is 0. The Morgan fingerprint density at radius 1 is 1.29 bits per heavy atom. The number of benzene rings is 1. The van der Waals surface area contributed by atoms with Gasteiger partial charge in [0.05, 0.1) is 7.11 Å². The summed E-state index contributed by atoms with van der Waals surface area (Å²) in [5, 5.41) is 0. The van der Waals surface area contributed by atoms with E-state index < -0.39 is 0 Å². The summed E-state index contributed by atoms with van der Waals surface area (Å²) in [7, 11) is 1.43. The van der Waals surface area contributed by atoms with Crippen molar-refractivity contribution in [1.82, 2.24) is 0 Å². The van der Waals surface area contributed by atoms with E-state index in [1.807, 2.05) is 12.1 Å². The lowest BCUT2D eigenvalue weighted by Gasteiger charge is -2.09. The van der Waals surface area contributed by atoms with E-state index >= 15 is 0 Å². The van der Waals surface area contributed by atoms with Gasteiger partial charge in [0.2, 0.25) is 12.5 Å². The Kier molecular flexibility index (Phi) is 2.83. The van der Waals surface area contributed by atoms with Crippen molar-refractivity contribution in [2.75, 3.05) is 13.9 Å². The summed E-state index contributed by atoms with van der Waals surface area (Å²) in [4.78, 5) is 19.0. The van der Waals surface area contributed by atoms with Gasteiger partial charge in [-0.1, -0.05) is 12.1 Å². The van der Waals surface area contributed by atoms with Crippen molar-refractivity contribution in [2.24, 2.45) is 0 Å². The van der Waals surface area contributed by atoms with Gasteiger partial charge in [-0.2, -0.15) is 9.78 Å². The van der Waals surface area contributed by atoms with Gasteiger partial charge in [0, 0.05) is 5.56 Å². The van der Waals surface area contributed by atoms with Crippen molar-refractivity contribution < 1.29 is 24.3 Å². The maximum atomic E-state index is 5.28. The molecule has 0 aliphatic carbocycles. The molecule has 0 saturated heterocycles. The van der Waals surface area contributed by atoms with E-state index in [-0.39, 0.29) is 6.79 Å². The third-order valence-corrected chi connectivity index (χ3v) is 1.78. The zero-order chi connectivity index (χ0) is 9.80. The van der Waals surface area contributed by atoms with Crippen LogP contribution in [0, 0.1) is 0 Å². The van der Waals surface area contributed by atoms with Gasteiger partial charge in [-0.05, 0) is 6.07 Å². The van der Waals surface area contributed by atoms with Gasteiger partial charge in [-0.3, -0.25) is 0 Å². The smallest absolute Gasteiger partial charge is 0.221 e. The fraction of sp³-hybridized carbons (Fsp3) is 0.333. The molecule has 0 unspecified atom stereocenters. The average molecular weight is 198 g/mol. The highest BCUT2D eigenvalue weighted by molar-refractivity contribution is 5.46. The van der Waals surface area contributed by atoms with Gasteiger partial charge in [-0.15, -0.1) is 0 Å². The number of ether oxygens (including phenoxy) is 1. The Hall–Kier alpha value is -1.30.